The second kappa shape index (κ2) is 6.29. The zero-order chi connectivity index (χ0) is 15.6. The molecule has 1 aromatic rings. The third-order valence-electron chi connectivity index (χ3n) is 4.18. The maximum atomic E-state index is 12.5. The number of carbonyl (C=O) groups excluding carboxylic acids is 2. The summed E-state index contributed by atoms with van der Waals surface area (Å²) >= 11 is 0. The van der Waals surface area contributed by atoms with Gasteiger partial charge in [-0.3, -0.25) is 9.59 Å². The number of rotatable bonds is 4. The highest BCUT2D eigenvalue weighted by Gasteiger charge is 2.38. The first kappa shape index (κ1) is 15.5. The van der Waals surface area contributed by atoms with E-state index in [0.717, 1.165) is 23.2 Å². The van der Waals surface area contributed by atoms with Crippen LogP contribution in [0.5, 0.6) is 0 Å². The normalized spacial score (nSPS) is 19.7. The highest BCUT2D eigenvalue weighted by molar-refractivity contribution is 6.10. The Morgan fingerprint density at radius 2 is 2.14 bits per heavy atom. The van der Waals surface area contributed by atoms with Crippen LogP contribution in [0.25, 0.3) is 0 Å². The van der Waals surface area contributed by atoms with Crippen molar-refractivity contribution in [2.75, 3.05) is 11.4 Å². The summed E-state index contributed by atoms with van der Waals surface area (Å²) < 4.78 is 0. The number of nitrogens with one attached hydrogen (secondary N) is 1. The van der Waals surface area contributed by atoms with Gasteiger partial charge in [-0.25, -0.2) is 0 Å². The zero-order valence-corrected chi connectivity index (χ0v) is 13.3. The van der Waals surface area contributed by atoms with E-state index in [-0.39, 0.29) is 17.9 Å². The molecule has 21 heavy (non-hydrogen) atoms. The van der Waals surface area contributed by atoms with Crippen molar-refractivity contribution < 1.29 is 9.59 Å². The largest absolute Gasteiger partial charge is 0.353 e. The molecule has 0 radical (unpaired) electrons. The predicted molar refractivity (Wildman–Crippen MR) is 84.3 cm³/mol. The van der Waals surface area contributed by atoms with E-state index < -0.39 is 5.92 Å². The summed E-state index contributed by atoms with van der Waals surface area (Å²) in [5.41, 5.74) is 3.12. The average Bonchev–Trinajstić information content (AvgIpc) is 2.83. The minimum Gasteiger partial charge on any atom is -0.353 e. The van der Waals surface area contributed by atoms with Gasteiger partial charge in [-0.05, 0) is 50.8 Å². The number of amides is 2. The fourth-order valence-corrected chi connectivity index (χ4v) is 2.62. The molecule has 1 N–H and O–H groups in total. The zero-order valence-electron chi connectivity index (χ0n) is 13.3. The van der Waals surface area contributed by atoms with E-state index in [2.05, 4.69) is 5.32 Å². The smallest absolute Gasteiger partial charge is 0.239 e. The molecule has 1 aliphatic rings. The molecular weight excluding hydrogens is 264 g/mol. The molecule has 4 nitrogen and oxygen atoms in total. The minimum atomic E-state index is -0.543. The first-order valence-electron chi connectivity index (χ1n) is 7.63. The van der Waals surface area contributed by atoms with Crippen molar-refractivity contribution >= 4 is 17.5 Å². The van der Waals surface area contributed by atoms with E-state index in [4.69, 9.17) is 0 Å². The van der Waals surface area contributed by atoms with Crippen molar-refractivity contribution in [3.63, 3.8) is 0 Å². The van der Waals surface area contributed by atoms with Crippen LogP contribution in [0.4, 0.5) is 5.69 Å². The van der Waals surface area contributed by atoms with Gasteiger partial charge in [0.25, 0.3) is 0 Å². The molecule has 1 saturated heterocycles. The van der Waals surface area contributed by atoms with E-state index in [1.165, 1.54) is 0 Å². The van der Waals surface area contributed by atoms with Gasteiger partial charge in [0, 0.05) is 18.3 Å². The van der Waals surface area contributed by atoms with Crippen molar-refractivity contribution in [2.24, 2.45) is 5.92 Å². The molecule has 0 aromatic heterocycles. The number of nitrogens with zero attached hydrogens (tertiary/aromatic N) is 1. The first-order valence-corrected chi connectivity index (χ1v) is 7.63. The van der Waals surface area contributed by atoms with Crippen LogP contribution in [0.3, 0.4) is 0 Å². The summed E-state index contributed by atoms with van der Waals surface area (Å²) in [7, 11) is 0. The van der Waals surface area contributed by atoms with E-state index in [9.17, 15) is 9.59 Å². The quantitative estimate of drug-likeness (QED) is 0.866. The van der Waals surface area contributed by atoms with Crippen LogP contribution < -0.4 is 10.2 Å². The Kier molecular flexibility index (Phi) is 4.66. The third-order valence-corrected chi connectivity index (χ3v) is 4.18. The molecule has 2 rings (SSSR count). The molecule has 2 atom stereocenters. The van der Waals surface area contributed by atoms with Crippen LogP contribution in [-0.4, -0.2) is 24.4 Å². The Bertz CT molecular complexity index is 554. The SMILES string of the molecule is CCC(C)NC(=O)C1CCN(c2cc(C)ccc2C)C1=O. The number of hydrogen-bond donors (Lipinski definition) is 1. The van der Waals surface area contributed by atoms with Crippen LogP contribution in [-0.2, 0) is 9.59 Å². The van der Waals surface area contributed by atoms with Crippen molar-refractivity contribution in [3.8, 4) is 0 Å². The summed E-state index contributed by atoms with van der Waals surface area (Å²) in [6.45, 7) is 8.59. The maximum absolute atomic E-state index is 12.5. The Morgan fingerprint density at radius 1 is 1.43 bits per heavy atom. The molecule has 1 fully saturated rings. The van der Waals surface area contributed by atoms with Gasteiger partial charge >= 0.3 is 0 Å². The van der Waals surface area contributed by atoms with Gasteiger partial charge in [-0.15, -0.1) is 0 Å². The van der Waals surface area contributed by atoms with Crippen molar-refractivity contribution in [2.45, 2.75) is 46.6 Å². The maximum Gasteiger partial charge on any atom is 0.239 e. The standard InChI is InChI=1S/C17H24N2O2/c1-5-13(4)18-16(20)14-8-9-19(17(14)21)15-10-11(2)6-7-12(15)3/h6-7,10,13-14H,5,8-9H2,1-4H3,(H,18,20). The predicted octanol–water partition coefficient (Wildman–Crippen LogP) is 2.57. The Labute approximate surface area is 126 Å². The summed E-state index contributed by atoms with van der Waals surface area (Å²) in [5.74, 6) is -0.759. The number of carbonyl (C=O) groups is 2. The lowest BCUT2D eigenvalue weighted by molar-refractivity contribution is -0.132. The topological polar surface area (TPSA) is 49.4 Å². The monoisotopic (exact) mass is 288 g/mol. The lowest BCUT2D eigenvalue weighted by Crippen LogP contribution is -2.40. The third kappa shape index (κ3) is 3.26. The van der Waals surface area contributed by atoms with Crippen molar-refractivity contribution in [1.82, 2.24) is 5.32 Å². The van der Waals surface area contributed by atoms with Gasteiger partial charge in [0.05, 0.1) is 0 Å². The molecule has 2 unspecified atom stereocenters. The molecule has 1 heterocycles. The number of hydrogen-bond acceptors (Lipinski definition) is 2. The second-order valence-corrected chi connectivity index (χ2v) is 5.94. The molecule has 4 heteroatoms. The molecule has 0 aliphatic carbocycles. The lowest BCUT2D eigenvalue weighted by Gasteiger charge is -2.20. The van der Waals surface area contributed by atoms with E-state index in [1.807, 2.05) is 45.9 Å². The van der Waals surface area contributed by atoms with E-state index in [0.29, 0.717) is 13.0 Å². The summed E-state index contributed by atoms with van der Waals surface area (Å²) in [5, 5.41) is 2.91. The van der Waals surface area contributed by atoms with Crippen LogP contribution >= 0.6 is 0 Å². The van der Waals surface area contributed by atoms with Gasteiger partial charge in [0.1, 0.15) is 5.92 Å². The number of anilines is 1. The molecule has 0 bridgehead atoms. The summed E-state index contributed by atoms with van der Waals surface area (Å²) in [6, 6.07) is 6.18. The highest BCUT2D eigenvalue weighted by atomic mass is 16.2. The fraction of sp³-hybridized carbons (Fsp3) is 0.529. The van der Waals surface area contributed by atoms with Gasteiger partial charge < -0.3 is 10.2 Å². The average molecular weight is 288 g/mol. The summed E-state index contributed by atoms with van der Waals surface area (Å²) in [6.07, 6.45) is 1.46. The first-order chi connectivity index (χ1) is 9.93. The summed E-state index contributed by atoms with van der Waals surface area (Å²) in [4.78, 5) is 26.5. The molecule has 1 aliphatic heterocycles. The minimum absolute atomic E-state index is 0.0792. The molecule has 1 aromatic carbocycles. The Balaban J connectivity index is 2.14. The van der Waals surface area contributed by atoms with Gasteiger partial charge in [-0.2, -0.15) is 0 Å². The van der Waals surface area contributed by atoms with Crippen LogP contribution in [0, 0.1) is 19.8 Å². The molecule has 114 valence electrons. The van der Waals surface area contributed by atoms with Crippen LogP contribution in [0.1, 0.15) is 37.8 Å². The Morgan fingerprint density at radius 3 is 2.81 bits per heavy atom. The lowest BCUT2D eigenvalue weighted by atomic mass is 10.1. The van der Waals surface area contributed by atoms with Gasteiger partial charge in [0.15, 0.2) is 0 Å². The van der Waals surface area contributed by atoms with Crippen LogP contribution in [0.15, 0.2) is 18.2 Å². The molecule has 2 amide bonds. The van der Waals surface area contributed by atoms with Gasteiger partial charge in [0.2, 0.25) is 11.8 Å². The molecular formula is C17H24N2O2. The Hall–Kier alpha value is -1.84. The fourth-order valence-electron chi connectivity index (χ4n) is 2.62. The molecule has 0 saturated carbocycles. The van der Waals surface area contributed by atoms with E-state index >= 15 is 0 Å². The van der Waals surface area contributed by atoms with Crippen LogP contribution in [0.2, 0.25) is 0 Å². The van der Waals surface area contributed by atoms with Crippen molar-refractivity contribution in [1.29, 1.82) is 0 Å². The van der Waals surface area contributed by atoms with E-state index in [1.54, 1.807) is 4.90 Å². The molecule has 0 spiro atoms. The number of benzene rings is 1. The highest BCUT2D eigenvalue weighted by Crippen LogP contribution is 2.29. The van der Waals surface area contributed by atoms with Crippen molar-refractivity contribution in [3.05, 3.63) is 29.3 Å². The second-order valence-electron chi connectivity index (χ2n) is 5.94. The number of aryl methyl sites for hydroxylation is 2. The van der Waals surface area contributed by atoms with Gasteiger partial charge in [-0.1, -0.05) is 19.1 Å².